The summed E-state index contributed by atoms with van der Waals surface area (Å²) >= 11 is 0. The van der Waals surface area contributed by atoms with Gasteiger partial charge in [0.25, 0.3) is 0 Å². The Kier molecular flexibility index (Phi) is 2.68. The van der Waals surface area contributed by atoms with Gasteiger partial charge in [0.2, 0.25) is 0 Å². The van der Waals surface area contributed by atoms with Crippen molar-refractivity contribution in [2.45, 2.75) is 20.0 Å². The monoisotopic (exact) mass is 210 g/mol. The molecular weight excluding hydrogens is 199 g/mol. The average molecular weight is 210 g/mol. The standard InChI is InChI=1S/C11H11FO3/c1-7(13)2-8-4-11-9(3-10(8)12)5-14-6-15-11/h3-4H,2,5-6H2,1H3. The molecule has 2 rings (SSSR count). The molecule has 0 N–H and O–H groups in total. The van der Waals surface area contributed by atoms with Crippen molar-refractivity contribution < 1.29 is 18.7 Å². The largest absolute Gasteiger partial charge is 0.467 e. The van der Waals surface area contributed by atoms with Gasteiger partial charge in [-0.25, -0.2) is 4.39 Å². The van der Waals surface area contributed by atoms with Crippen molar-refractivity contribution in [3.8, 4) is 5.75 Å². The van der Waals surface area contributed by atoms with Gasteiger partial charge in [-0.15, -0.1) is 0 Å². The fourth-order valence-corrected chi connectivity index (χ4v) is 1.54. The molecule has 0 aromatic heterocycles. The van der Waals surface area contributed by atoms with E-state index >= 15 is 0 Å². The molecule has 1 aliphatic rings. The summed E-state index contributed by atoms with van der Waals surface area (Å²) in [6.07, 6.45) is 0.101. The zero-order valence-electron chi connectivity index (χ0n) is 8.38. The van der Waals surface area contributed by atoms with Crippen LogP contribution in [-0.2, 0) is 22.6 Å². The summed E-state index contributed by atoms with van der Waals surface area (Å²) in [5.41, 5.74) is 1.06. The molecule has 1 heterocycles. The normalized spacial score (nSPS) is 14.3. The molecule has 80 valence electrons. The molecule has 0 unspecified atom stereocenters. The van der Waals surface area contributed by atoms with Crippen LogP contribution in [0.5, 0.6) is 5.75 Å². The molecule has 0 saturated carbocycles. The fraction of sp³-hybridized carbons (Fsp3) is 0.364. The number of ether oxygens (including phenoxy) is 2. The molecule has 1 aromatic rings. The fourth-order valence-electron chi connectivity index (χ4n) is 1.54. The molecule has 0 radical (unpaired) electrons. The van der Waals surface area contributed by atoms with Crippen LogP contribution in [-0.4, -0.2) is 12.6 Å². The maximum atomic E-state index is 13.5. The van der Waals surface area contributed by atoms with Crippen LogP contribution in [0.3, 0.4) is 0 Å². The Balaban J connectivity index is 2.36. The van der Waals surface area contributed by atoms with Crippen LogP contribution in [0, 0.1) is 5.82 Å². The lowest BCUT2D eigenvalue weighted by Gasteiger charge is -2.18. The molecule has 0 fully saturated rings. The highest BCUT2D eigenvalue weighted by molar-refractivity contribution is 5.78. The summed E-state index contributed by atoms with van der Waals surface area (Å²) in [6.45, 7) is 1.97. The van der Waals surface area contributed by atoms with Crippen molar-refractivity contribution in [3.63, 3.8) is 0 Å². The van der Waals surface area contributed by atoms with Crippen molar-refractivity contribution >= 4 is 5.78 Å². The number of fused-ring (bicyclic) bond motifs is 1. The molecule has 0 spiro atoms. The van der Waals surface area contributed by atoms with E-state index in [2.05, 4.69) is 0 Å². The van der Waals surface area contributed by atoms with Crippen LogP contribution >= 0.6 is 0 Å². The van der Waals surface area contributed by atoms with Crippen LogP contribution in [0.15, 0.2) is 12.1 Å². The van der Waals surface area contributed by atoms with Gasteiger partial charge in [-0.1, -0.05) is 0 Å². The minimum absolute atomic E-state index is 0.0686. The number of Topliss-reactive ketones (excluding diaryl/α,β-unsaturated/α-hetero) is 1. The van der Waals surface area contributed by atoms with Gasteiger partial charge in [-0.2, -0.15) is 0 Å². The van der Waals surface area contributed by atoms with E-state index in [1.165, 1.54) is 13.0 Å². The maximum absolute atomic E-state index is 13.5. The summed E-state index contributed by atoms with van der Waals surface area (Å²) < 4.78 is 23.7. The number of benzene rings is 1. The van der Waals surface area contributed by atoms with E-state index in [9.17, 15) is 9.18 Å². The first kappa shape index (κ1) is 10.1. The average Bonchev–Trinajstić information content (AvgIpc) is 2.18. The molecule has 4 heteroatoms. The summed E-state index contributed by atoms with van der Waals surface area (Å²) in [4.78, 5) is 10.9. The van der Waals surface area contributed by atoms with E-state index in [1.54, 1.807) is 6.07 Å². The van der Waals surface area contributed by atoms with Crippen LogP contribution < -0.4 is 4.74 Å². The first-order valence-electron chi connectivity index (χ1n) is 4.68. The topological polar surface area (TPSA) is 35.5 Å². The van der Waals surface area contributed by atoms with Gasteiger partial charge in [-0.05, 0) is 24.6 Å². The van der Waals surface area contributed by atoms with Crippen molar-refractivity contribution in [1.29, 1.82) is 0 Å². The third-order valence-corrected chi connectivity index (χ3v) is 2.22. The highest BCUT2D eigenvalue weighted by Crippen LogP contribution is 2.27. The lowest BCUT2D eigenvalue weighted by atomic mass is 10.1. The maximum Gasteiger partial charge on any atom is 0.189 e. The lowest BCUT2D eigenvalue weighted by molar-refractivity contribution is -0.116. The highest BCUT2D eigenvalue weighted by atomic mass is 19.1. The number of hydrogen-bond acceptors (Lipinski definition) is 3. The first-order valence-corrected chi connectivity index (χ1v) is 4.68. The Labute approximate surface area is 86.8 Å². The summed E-state index contributed by atoms with van der Waals surface area (Å²) in [5, 5.41) is 0. The molecular formula is C11H11FO3. The molecule has 0 atom stereocenters. The SMILES string of the molecule is CC(=O)Cc1cc2c(cc1F)COCO2. The zero-order chi connectivity index (χ0) is 10.8. The predicted molar refractivity (Wildman–Crippen MR) is 51.1 cm³/mol. The third kappa shape index (κ3) is 2.15. The minimum Gasteiger partial charge on any atom is -0.467 e. The van der Waals surface area contributed by atoms with Gasteiger partial charge in [0.1, 0.15) is 17.3 Å². The van der Waals surface area contributed by atoms with E-state index in [1.807, 2.05) is 0 Å². The van der Waals surface area contributed by atoms with Gasteiger partial charge in [-0.3, -0.25) is 4.79 Å². The quantitative estimate of drug-likeness (QED) is 0.747. The van der Waals surface area contributed by atoms with Crippen LogP contribution in [0.2, 0.25) is 0 Å². The zero-order valence-corrected chi connectivity index (χ0v) is 8.38. The van der Waals surface area contributed by atoms with E-state index in [0.29, 0.717) is 23.5 Å². The number of ketones is 1. The van der Waals surface area contributed by atoms with Crippen molar-refractivity contribution in [1.82, 2.24) is 0 Å². The van der Waals surface area contributed by atoms with Crippen molar-refractivity contribution in [2.24, 2.45) is 0 Å². The van der Waals surface area contributed by atoms with Crippen LogP contribution in [0.4, 0.5) is 4.39 Å². The lowest BCUT2D eigenvalue weighted by Crippen LogP contribution is -2.12. The van der Waals surface area contributed by atoms with Crippen molar-refractivity contribution in [2.75, 3.05) is 6.79 Å². The van der Waals surface area contributed by atoms with Crippen molar-refractivity contribution in [3.05, 3.63) is 29.1 Å². The number of carbonyl (C=O) groups excluding carboxylic acids is 1. The Hall–Kier alpha value is -1.42. The second-order valence-electron chi connectivity index (χ2n) is 3.54. The second kappa shape index (κ2) is 3.98. The van der Waals surface area contributed by atoms with Gasteiger partial charge in [0, 0.05) is 12.0 Å². The summed E-state index contributed by atoms with van der Waals surface area (Å²) in [7, 11) is 0. The van der Waals surface area contributed by atoms with E-state index in [-0.39, 0.29) is 24.8 Å². The Morgan fingerprint density at radius 3 is 3.07 bits per heavy atom. The molecule has 15 heavy (non-hydrogen) atoms. The summed E-state index contributed by atoms with van der Waals surface area (Å²) in [5.74, 6) is 0.165. The Morgan fingerprint density at radius 2 is 2.33 bits per heavy atom. The Bertz CT molecular complexity index is 401. The van der Waals surface area contributed by atoms with Crippen LogP contribution in [0.1, 0.15) is 18.1 Å². The number of rotatable bonds is 2. The molecule has 0 saturated heterocycles. The van der Waals surface area contributed by atoms with E-state index in [0.717, 1.165) is 0 Å². The minimum atomic E-state index is -0.377. The van der Waals surface area contributed by atoms with Gasteiger partial charge >= 0.3 is 0 Å². The summed E-state index contributed by atoms with van der Waals surface area (Å²) in [6, 6.07) is 2.95. The second-order valence-corrected chi connectivity index (χ2v) is 3.54. The van der Waals surface area contributed by atoms with Gasteiger partial charge in [0.15, 0.2) is 6.79 Å². The molecule has 0 amide bonds. The molecule has 0 bridgehead atoms. The van der Waals surface area contributed by atoms with E-state index in [4.69, 9.17) is 9.47 Å². The number of hydrogen-bond donors (Lipinski definition) is 0. The van der Waals surface area contributed by atoms with Gasteiger partial charge in [0.05, 0.1) is 6.61 Å². The number of halogens is 1. The molecule has 1 aromatic carbocycles. The third-order valence-electron chi connectivity index (χ3n) is 2.22. The molecule has 3 nitrogen and oxygen atoms in total. The van der Waals surface area contributed by atoms with Crippen LogP contribution in [0.25, 0.3) is 0 Å². The first-order chi connectivity index (χ1) is 7.16. The smallest absolute Gasteiger partial charge is 0.189 e. The molecule has 0 aliphatic carbocycles. The number of carbonyl (C=O) groups is 1. The highest BCUT2D eigenvalue weighted by Gasteiger charge is 2.15. The molecule has 1 aliphatic heterocycles. The predicted octanol–water partition coefficient (Wildman–Crippen LogP) is 1.82. The Morgan fingerprint density at radius 1 is 1.53 bits per heavy atom. The van der Waals surface area contributed by atoms with Gasteiger partial charge < -0.3 is 9.47 Å². The van der Waals surface area contributed by atoms with E-state index < -0.39 is 0 Å².